The van der Waals surface area contributed by atoms with E-state index in [-0.39, 0.29) is 6.67 Å². The molecule has 0 unspecified atom stereocenters. The molecule has 3 rings (SSSR count). The van der Waals surface area contributed by atoms with Crippen molar-refractivity contribution in [3.63, 3.8) is 0 Å². The van der Waals surface area contributed by atoms with Gasteiger partial charge in [-0.2, -0.15) is 9.36 Å². The highest BCUT2D eigenvalue weighted by molar-refractivity contribution is 5.52. The average Bonchev–Trinajstić information content (AvgIpc) is 2.94. The number of hydrogen-bond donors (Lipinski definition) is 0. The van der Waals surface area contributed by atoms with Crippen LogP contribution in [-0.4, -0.2) is 26.3 Å². The molecular formula is C17H17F2N5O. The smallest absolute Gasteiger partial charge is 0.352 e. The molecular weight excluding hydrogens is 328 g/mol. The van der Waals surface area contributed by atoms with Crippen LogP contribution in [0.15, 0.2) is 47.3 Å². The van der Waals surface area contributed by atoms with Crippen LogP contribution < -0.4 is 10.6 Å². The van der Waals surface area contributed by atoms with Crippen LogP contribution in [0.25, 0.3) is 5.69 Å². The summed E-state index contributed by atoms with van der Waals surface area (Å²) in [5.41, 5.74) is 0.752. The number of halogens is 2. The molecule has 130 valence electrons. The lowest BCUT2D eigenvalue weighted by atomic mass is 10.2. The molecule has 0 amide bonds. The van der Waals surface area contributed by atoms with Crippen LogP contribution in [0.3, 0.4) is 0 Å². The monoisotopic (exact) mass is 345 g/mol. The van der Waals surface area contributed by atoms with Crippen molar-refractivity contribution in [2.75, 3.05) is 11.4 Å². The van der Waals surface area contributed by atoms with Gasteiger partial charge in [-0.05, 0) is 48.0 Å². The normalized spacial score (nSPS) is 10.9. The fraction of sp³-hybridized carbons (Fsp3) is 0.235. The quantitative estimate of drug-likeness (QED) is 0.713. The second-order valence-corrected chi connectivity index (χ2v) is 5.53. The molecule has 8 heteroatoms. The third kappa shape index (κ3) is 3.15. The van der Waals surface area contributed by atoms with E-state index >= 15 is 0 Å². The molecule has 0 N–H and O–H groups in total. The maximum atomic E-state index is 13.9. The number of tetrazole rings is 1. The molecule has 0 atom stereocenters. The van der Waals surface area contributed by atoms with Crippen molar-refractivity contribution in [2.24, 2.45) is 0 Å². The van der Waals surface area contributed by atoms with E-state index < -0.39 is 23.0 Å². The van der Waals surface area contributed by atoms with Gasteiger partial charge in [-0.25, -0.2) is 13.6 Å². The molecule has 3 aromatic rings. The Bertz CT molecular complexity index is 930. The van der Waals surface area contributed by atoms with E-state index in [0.29, 0.717) is 11.2 Å². The molecule has 6 nitrogen and oxygen atoms in total. The molecule has 0 spiro atoms. The first kappa shape index (κ1) is 16.8. The van der Waals surface area contributed by atoms with Crippen LogP contribution in [0.4, 0.5) is 14.5 Å². The Labute approximate surface area is 142 Å². The zero-order valence-electron chi connectivity index (χ0n) is 13.9. The Hall–Kier alpha value is -3.03. The number of aryl methyl sites for hydroxylation is 1. The van der Waals surface area contributed by atoms with Gasteiger partial charge >= 0.3 is 5.69 Å². The van der Waals surface area contributed by atoms with Gasteiger partial charge in [-0.1, -0.05) is 24.3 Å². The first-order valence-corrected chi connectivity index (χ1v) is 7.80. The topological polar surface area (TPSA) is 56.0 Å². The minimum Gasteiger partial charge on any atom is -0.352 e. The molecule has 2 aromatic carbocycles. The standard InChI is InChI=1S/C17H17F2N5O/c1-3-22(15-10-5-4-7-12(15)2)11-23-17(25)24(21-20-23)16-13(18)8-6-9-14(16)19/h4-10H,3,11H2,1-2H3. The molecule has 0 saturated heterocycles. The van der Waals surface area contributed by atoms with Gasteiger partial charge in [0.2, 0.25) is 0 Å². The first-order chi connectivity index (χ1) is 12.0. The highest BCUT2D eigenvalue weighted by atomic mass is 19.1. The largest absolute Gasteiger partial charge is 0.370 e. The van der Waals surface area contributed by atoms with Crippen molar-refractivity contribution in [3.05, 3.63) is 70.1 Å². The van der Waals surface area contributed by atoms with E-state index in [1.165, 1.54) is 6.07 Å². The number of benzene rings is 2. The summed E-state index contributed by atoms with van der Waals surface area (Å²) in [7, 11) is 0. The first-order valence-electron chi connectivity index (χ1n) is 7.80. The Morgan fingerprint density at radius 3 is 2.36 bits per heavy atom. The Balaban J connectivity index is 1.97. The predicted octanol–water partition coefficient (Wildman–Crippen LogP) is 2.50. The molecule has 25 heavy (non-hydrogen) atoms. The molecule has 0 radical (unpaired) electrons. The summed E-state index contributed by atoms with van der Waals surface area (Å²) >= 11 is 0. The zero-order valence-corrected chi connectivity index (χ0v) is 13.9. The number of hydrogen-bond acceptors (Lipinski definition) is 4. The van der Waals surface area contributed by atoms with Gasteiger partial charge in [0, 0.05) is 12.2 Å². The van der Waals surface area contributed by atoms with Gasteiger partial charge in [0.05, 0.1) is 0 Å². The SMILES string of the molecule is CCN(Cn1nnn(-c2c(F)cccc2F)c1=O)c1ccccc1C. The van der Waals surface area contributed by atoms with E-state index in [9.17, 15) is 13.6 Å². The van der Waals surface area contributed by atoms with Crippen molar-refractivity contribution >= 4 is 5.69 Å². The van der Waals surface area contributed by atoms with Crippen LogP contribution in [0.2, 0.25) is 0 Å². The predicted molar refractivity (Wildman–Crippen MR) is 89.7 cm³/mol. The van der Waals surface area contributed by atoms with Crippen LogP contribution in [0.1, 0.15) is 12.5 Å². The van der Waals surface area contributed by atoms with Crippen LogP contribution in [0, 0.1) is 18.6 Å². The maximum Gasteiger partial charge on any atom is 0.370 e. The molecule has 0 aliphatic heterocycles. The van der Waals surface area contributed by atoms with Gasteiger partial charge in [0.1, 0.15) is 12.4 Å². The number of nitrogens with zero attached hydrogens (tertiary/aromatic N) is 5. The highest BCUT2D eigenvalue weighted by Gasteiger charge is 2.18. The summed E-state index contributed by atoms with van der Waals surface area (Å²) < 4.78 is 29.5. The van der Waals surface area contributed by atoms with Crippen molar-refractivity contribution in [3.8, 4) is 5.69 Å². The Morgan fingerprint density at radius 1 is 1.04 bits per heavy atom. The average molecular weight is 345 g/mol. The number of rotatable bonds is 5. The van der Waals surface area contributed by atoms with Crippen molar-refractivity contribution in [2.45, 2.75) is 20.5 Å². The van der Waals surface area contributed by atoms with Crippen molar-refractivity contribution < 1.29 is 8.78 Å². The Morgan fingerprint density at radius 2 is 1.72 bits per heavy atom. The lowest BCUT2D eigenvalue weighted by Gasteiger charge is -2.23. The second-order valence-electron chi connectivity index (χ2n) is 5.53. The van der Waals surface area contributed by atoms with E-state index in [4.69, 9.17) is 0 Å². The number of anilines is 1. The van der Waals surface area contributed by atoms with Gasteiger partial charge in [0.25, 0.3) is 0 Å². The van der Waals surface area contributed by atoms with Crippen molar-refractivity contribution in [1.29, 1.82) is 0 Å². The minimum atomic E-state index is -0.875. The minimum absolute atomic E-state index is 0.121. The molecule has 1 heterocycles. The van der Waals surface area contributed by atoms with Crippen LogP contribution in [-0.2, 0) is 6.67 Å². The molecule has 0 bridgehead atoms. The Kier molecular flexibility index (Phi) is 4.60. The fourth-order valence-corrected chi connectivity index (χ4v) is 2.62. The summed E-state index contributed by atoms with van der Waals surface area (Å²) in [6, 6.07) is 11.1. The summed E-state index contributed by atoms with van der Waals surface area (Å²) in [6.45, 7) is 4.65. The lowest BCUT2D eigenvalue weighted by Crippen LogP contribution is -2.34. The summed E-state index contributed by atoms with van der Waals surface area (Å²) in [4.78, 5) is 14.4. The van der Waals surface area contributed by atoms with E-state index in [1.54, 1.807) is 0 Å². The lowest BCUT2D eigenvalue weighted by molar-refractivity contribution is 0.549. The summed E-state index contributed by atoms with van der Waals surface area (Å²) in [5, 5.41) is 7.38. The number of aromatic nitrogens is 4. The summed E-state index contributed by atoms with van der Waals surface area (Å²) in [6.07, 6.45) is 0. The van der Waals surface area contributed by atoms with Crippen LogP contribution in [0.5, 0.6) is 0 Å². The third-order valence-electron chi connectivity index (χ3n) is 3.93. The van der Waals surface area contributed by atoms with Gasteiger partial charge < -0.3 is 4.90 Å². The van der Waals surface area contributed by atoms with E-state index in [0.717, 1.165) is 28.1 Å². The fourth-order valence-electron chi connectivity index (χ4n) is 2.62. The summed E-state index contributed by atoms with van der Waals surface area (Å²) in [5.74, 6) is -1.75. The van der Waals surface area contributed by atoms with Gasteiger partial charge in [-0.3, -0.25) is 0 Å². The maximum absolute atomic E-state index is 13.9. The highest BCUT2D eigenvalue weighted by Crippen LogP contribution is 2.19. The van der Waals surface area contributed by atoms with Gasteiger partial charge in [-0.15, -0.1) is 0 Å². The van der Waals surface area contributed by atoms with E-state index in [2.05, 4.69) is 10.4 Å². The molecule has 0 saturated carbocycles. The molecule has 0 aliphatic rings. The molecule has 1 aromatic heterocycles. The van der Waals surface area contributed by atoms with E-state index in [1.807, 2.05) is 43.0 Å². The van der Waals surface area contributed by atoms with Crippen molar-refractivity contribution in [1.82, 2.24) is 19.8 Å². The second kappa shape index (κ2) is 6.84. The molecule has 0 aliphatic carbocycles. The third-order valence-corrected chi connectivity index (χ3v) is 3.93. The van der Waals surface area contributed by atoms with Crippen LogP contribution >= 0.6 is 0 Å². The number of para-hydroxylation sites is 2. The molecule has 0 fully saturated rings. The van der Waals surface area contributed by atoms with Gasteiger partial charge in [0.15, 0.2) is 11.6 Å². The zero-order chi connectivity index (χ0) is 18.0.